The fraction of sp³-hybridized carbons (Fsp3) is 0.500. The fourth-order valence-electron chi connectivity index (χ4n) is 3.13. The molecule has 0 fully saturated rings. The second-order valence-corrected chi connectivity index (χ2v) is 7.54. The Morgan fingerprint density at radius 3 is 2.50 bits per heavy atom. The topological polar surface area (TPSA) is 60.1 Å². The van der Waals surface area contributed by atoms with Gasteiger partial charge in [0, 0.05) is 6.42 Å². The smallest absolute Gasteiger partial charge is 0.397 e. The van der Waals surface area contributed by atoms with E-state index in [1.807, 2.05) is 6.07 Å². The van der Waals surface area contributed by atoms with Crippen LogP contribution in [0.2, 0.25) is 0 Å². The van der Waals surface area contributed by atoms with Crippen LogP contribution in [0.15, 0.2) is 24.3 Å². The van der Waals surface area contributed by atoms with E-state index in [9.17, 15) is 22.0 Å². The summed E-state index contributed by atoms with van der Waals surface area (Å²) in [6.45, 7) is 2.58. The van der Waals surface area contributed by atoms with Crippen LogP contribution in [0.5, 0.6) is 11.8 Å². The van der Waals surface area contributed by atoms with E-state index in [1.165, 1.54) is 24.3 Å². The SMILES string of the molecule is CC(C)(c1ccc(OC[C@@H]2Cn3c(nc(C#N)c3CCC(F)F)O2)cc1)C(F)(F)F. The molecule has 162 valence electrons. The third-order valence-corrected chi connectivity index (χ3v) is 5.12. The lowest BCUT2D eigenvalue weighted by atomic mass is 9.84. The molecule has 0 unspecified atom stereocenters. The molecule has 1 atom stereocenters. The molecule has 0 amide bonds. The Morgan fingerprint density at radius 2 is 1.93 bits per heavy atom. The van der Waals surface area contributed by atoms with Gasteiger partial charge in [0.2, 0.25) is 6.43 Å². The molecule has 0 bridgehead atoms. The summed E-state index contributed by atoms with van der Waals surface area (Å²) in [4.78, 5) is 4.03. The van der Waals surface area contributed by atoms with Crippen LogP contribution in [0, 0.1) is 11.3 Å². The lowest BCUT2D eigenvalue weighted by molar-refractivity contribution is -0.180. The summed E-state index contributed by atoms with van der Waals surface area (Å²) in [7, 11) is 0. The number of ether oxygens (including phenoxy) is 2. The second-order valence-electron chi connectivity index (χ2n) is 7.54. The Bertz CT molecular complexity index is 930. The van der Waals surface area contributed by atoms with Crippen molar-refractivity contribution in [2.24, 2.45) is 0 Å². The first-order chi connectivity index (χ1) is 14.0. The summed E-state index contributed by atoms with van der Waals surface area (Å²) < 4.78 is 77.3. The van der Waals surface area contributed by atoms with Crippen LogP contribution < -0.4 is 9.47 Å². The Kier molecular flexibility index (Phi) is 5.92. The average Bonchev–Trinajstić information content (AvgIpc) is 3.21. The Balaban J connectivity index is 1.61. The van der Waals surface area contributed by atoms with Gasteiger partial charge in [-0.2, -0.15) is 23.4 Å². The van der Waals surface area contributed by atoms with E-state index in [0.717, 1.165) is 13.8 Å². The van der Waals surface area contributed by atoms with Crippen molar-refractivity contribution in [2.75, 3.05) is 6.61 Å². The average molecular weight is 429 g/mol. The molecule has 2 aromatic rings. The van der Waals surface area contributed by atoms with Crippen molar-refractivity contribution in [3.05, 3.63) is 41.2 Å². The molecule has 3 rings (SSSR count). The van der Waals surface area contributed by atoms with Gasteiger partial charge in [0.15, 0.2) is 11.8 Å². The molecule has 0 saturated heterocycles. The third-order valence-electron chi connectivity index (χ3n) is 5.12. The highest BCUT2D eigenvalue weighted by atomic mass is 19.4. The molecule has 1 aliphatic heterocycles. The molecule has 0 aliphatic carbocycles. The minimum Gasteiger partial charge on any atom is -0.490 e. The Labute approximate surface area is 170 Å². The van der Waals surface area contributed by atoms with E-state index >= 15 is 0 Å². The first-order valence-corrected chi connectivity index (χ1v) is 9.27. The van der Waals surface area contributed by atoms with Crippen molar-refractivity contribution in [3.63, 3.8) is 0 Å². The molecule has 5 nitrogen and oxygen atoms in total. The van der Waals surface area contributed by atoms with E-state index in [0.29, 0.717) is 11.4 Å². The predicted octanol–water partition coefficient (Wildman–Crippen LogP) is 4.63. The van der Waals surface area contributed by atoms with Gasteiger partial charge in [-0.15, -0.1) is 0 Å². The number of alkyl halides is 5. The van der Waals surface area contributed by atoms with Crippen LogP contribution in [0.25, 0.3) is 0 Å². The molecule has 10 heteroatoms. The molecule has 1 aromatic carbocycles. The minimum absolute atomic E-state index is 0.000943. The van der Waals surface area contributed by atoms with Crippen molar-refractivity contribution in [1.82, 2.24) is 9.55 Å². The zero-order valence-corrected chi connectivity index (χ0v) is 16.3. The normalized spacial score (nSPS) is 16.3. The second kappa shape index (κ2) is 8.13. The van der Waals surface area contributed by atoms with Gasteiger partial charge in [0.05, 0.1) is 17.7 Å². The quantitative estimate of drug-likeness (QED) is 0.602. The number of halogens is 5. The summed E-state index contributed by atoms with van der Waals surface area (Å²) in [5.41, 5.74) is -1.41. The molecule has 1 aromatic heterocycles. The van der Waals surface area contributed by atoms with Crippen molar-refractivity contribution >= 4 is 0 Å². The summed E-state index contributed by atoms with van der Waals surface area (Å²) in [6, 6.07) is 7.70. The van der Waals surface area contributed by atoms with Crippen LogP contribution in [-0.4, -0.2) is 34.9 Å². The number of nitriles is 1. The number of fused-ring (bicyclic) bond motifs is 1. The van der Waals surface area contributed by atoms with E-state index in [1.54, 1.807) is 4.57 Å². The van der Waals surface area contributed by atoms with E-state index in [2.05, 4.69) is 4.98 Å². The van der Waals surface area contributed by atoms with E-state index < -0.39 is 24.1 Å². The highest BCUT2D eigenvalue weighted by Gasteiger charge is 2.48. The molecule has 30 heavy (non-hydrogen) atoms. The fourth-order valence-corrected chi connectivity index (χ4v) is 3.13. The summed E-state index contributed by atoms with van der Waals surface area (Å²) in [5, 5.41) is 9.12. The van der Waals surface area contributed by atoms with Gasteiger partial charge in [0.25, 0.3) is 6.01 Å². The van der Waals surface area contributed by atoms with E-state index in [-0.39, 0.29) is 43.3 Å². The first kappa shape index (κ1) is 21.9. The number of hydrogen-bond donors (Lipinski definition) is 0. The Morgan fingerprint density at radius 1 is 1.27 bits per heavy atom. The maximum Gasteiger partial charge on any atom is 0.397 e. The van der Waals surface area contributed by atoms with Gasteiger partial charge >= 0.3 is 6.18 Å². The zero-order chi connectivity index (χ0) is 22.1. The van der Waals surface area contributed by atoms with Crippen LogP contribution in [0.1, 0.15) is 37.2 Å². The lowest BCUT2D eigenvalue weighted by Crippen LogP contribution is -2.36. The molecule has 2 heterocycles. The molecule has 0 spiro atoms. The molecule has 0 N–H and O–H groups in total. The van der Waals surface area contributed by atoms with Crippen LogP contribution in [0.3, 0.4) is 0 Å². The first-order valence-electron chi connectivity index (χ1n) is 9.27. The number of rotatable bonds is 7. The number of nitrogens with zero attached hydrogens (tertiary/aromatic N) is 3. The van der Waals surface area contributed by atoms with Gasteiger partial charge < -0.3 is 9.47 Å². The van der Waals surface area contributed by atoms with Crippen molar-refractivity contribution < 1.29 is 31.4 Å². The van der Waals surface area contributed by atoms with Crippen molar-refractivity contribution in [3.8, 4) is 17.8 Å². The number of imidazole rings is 1. The highest BCUT2D eigenvalue weighted by molar-refractivity contribution is 5.34. The lowest BCUT2D eigenvalue weighted by Gasteiger charge is -2.28. The predicted molar refractivity (Wildman–Crippen MR) is 96.7 cm³/mol. The monoisotopic (exact) mass is 429 g/mol. The van der Waals surface area contributed by atoms with Crippen LogP contribution in [0.4, 0.5) is 22.0 Å². The zero-order valence-electron chi connectivity index (χ0n) is 16.3. The van der Waals surface area contributed by atoms with Gasteiger partial charge in [0.1, 0.15) is 18.4 Å². The largest absolute Gasteiger partial charge is 0.490 e. The third kappa shape index (κ3) is 4.35. The molecular weight excluding hydrogens is 409 g/mol. The highest BCUT2D eigenvalue weighted by Crippen LogP contribution is 2.40. The number of benzene rings is 1. The van der Waals surface area contributed by atoms with Crippen LogP contribution in [-0.2, 0) is 18.4 Å². The summed E-state index contributed by atoms with van der Waals surface area (Å²) >= 11 is 0. The maximum atomic E-state index is 13.1. The number of hydrogen-bond acceptors (Lipinski definition) is 4. The van der Waals surface area contributed by atoms with Gasteiger partial charge in [-0.1, -0.05) is 12.1 Å². The number of aromatic nitrogens is 2. The van der Waals surface area contributed by atoms with Crippen molar-refractivity contribution in [1.29, 1.82) is 5.26 Å². The summed E-state index contributed by atoms with van der Waals surface area (Å²) in [5.74, 6) is 0.375. The molecular formula is C20H20F5N3O2. The van der Waals surface area contributed by atoms with Crippen LogP contribution >= 0.6 is 0 Å². The van der Waals surface area contributed by atoms with Gasteiger partial charge in [-0.05, 0) is 38.0 Å². The molecule has 0 radical (unpaired) electrons. The van der Waals surface area contributed by atoms with Gasteiger partial charge in [-0.3, -0.25) is 4.57 Å². The maximum absolute atomic E-state index is 13.1. The van der Waals surface area contributed by atoms with E-state index in [4.69, 9.17) is 14.7 Å². The Hall–Kier alpha value is -2.83. The van der Waals surface area contributed by atoms with Crippen molar-refractivity contribution in [2.45, 2.75) is 57.4 Å². The standard InChI is InChI=1S/C20H20F5N3O2/c1-19(2,20(23,24)25)12-3-5-13(6-4-12)29-11-14-10-28-16(7-8-17(21)22)15(9-26)27-18(28)30-14/h3-6,14,17H,7-8,10-11H2,1-2H3/t14-/m0/s1. The molecule has 0 saturated carbocycles. The molecule has 1 aliphatic rings. The summed E-state index contributed by atoms with van der Waals surface area (Å²) in [6.07, 6.45) is -7.72. The minimum atomic E-state index is -4.38. The van der Waals surface area contributed by atoms with Gasteiger partial charge in [-0.25, -0.2) is 8.78 Å².